The van der Waals surface area contributed by atoms with Gasteiger partial charge in [0.05, 0.1) is 4.92 Å². The number of rotatable bonds is 6. The van der Waals surface area contributed by atoms with Crippen LogP contribution in [0.5, 0.6) is 0 Å². The van der Waals surface area contributed by atoms with Gasteiger partial charge in [-0.3, -0.25) is 10.1 Å². The number of alkyl halides is 3. The number of nitro benzene ring substituents is 1. The van der Waals surface area contributed by atoms with E-state index >= 15 is 0 Å². The molecule has 1 atom stereocenters. The standard InChI is InChI=1S/C12H11Cl3N2O6/c13-12(14,15)6-23-11(20)16-9(10(18)19)5-7-1-3-8(4-2-7)17(21)22/h1-4,9H,5-6H2,(H,16,20)(H,18,19)/t9-/m0/s1. The summed E-state index contributed by atoms with van der Waals surface area (Å²) < 4.78 is 2.77. The molecule has 1 amide bonds. The first-order valence-corrected chi connectivity index (χ1v) is 7.18. The average molecular weight is 386 g/mol. The maximum Gasteiger partial charge on any atom is 0.408 e. The number of halogens is 3. The molecule has 126 valence electrons. The molecule has 11 heteroatoms. The van der Waals surface area contributed by atoms with Gasteiger partial charge in [-0.15, -0.1) is 0 Å². The Hall–Kier alpha value is -1.77. The van der Waals surface area contributed by atoms with Crippen molar-refractivity contribution in [1.29, 1.82) is 0 Å². The highest BCUT2D eigenvalue weighted by atomic mass is 35.6. The summed E-state index contributed by atoms with van der Waals surface area (Å²) in [4.78, 5) is 32.6. The van der Waals surface area contributed by atoms with E-state index in [0.717, 1.165) is 0 Å². The van der Waals surface area contributed by atoms with Crippen molar-refractivity contribution in [3.63, 3.8) is 0 Å². The predicted molar refractivity (Wildman–Crippen MR) is 83.0 cm³/mol. The van der Waals surface area contributed by atoms with Crippen LogP contribution in [0.1, 0.15) is 5.56 Å². The molecule has 0 radical (unpaired) electrons. The first kappa shape index (κ1) is 19.3. The molecule has 0 aliphatic rings. The second kappa shape index (κ2) is 8.19. The Bertz CT molecular complexity index is 587. The minimum Gasteiger partial charge on any atom is -0.480 e. The Morgan fingerprint density at radius 1 is 1.30 bits per heavy atom. The summed E-state index contributed by atoms with van der Waals surface area (Å²) in [6.45, 7) is -0.548. The molecule has 0 spiro atoms. The molecule has 0 fully saturated rings. The van der Waals surface area contributed by atoms with E-state index in [1.807, 2.05) is 0 Å². The van der Waals surface area contributed by atoms with Crippen molar-refractivity contribution in [3.05, 3.63) is 39.9 Å². The van der Waals surface area contributed by atoms with Crippen molar-refractivity contribution in [3.8, 4) is 0 Å². The summed E-state index contributed by atoms with van der Waals surface area (Å²) in [7, 11) is 0. The number of carbonyl (C=O) groups excluding carboxylic acids is 1. The summed E-state index contributed by atoms with van der Waals surface area (Å²) in [5.41, 5.74) is 0.348. The molecule has 0 aromatic heterocycles. The number of aliphatic carboxylic acids is 1. The molecule has 0 saturated heterocycles. The fourth-order valence-electron chi connectivity index (χ4n) is 1.52. The van der Waals surface area contributed by atoms with Crippen molar-refractivity contribution in [2.24, 2.45) is 0 Å². The zero-order chi connectivity index (χ0) is 17.6. The second-order valence-corrected chi connectivity index (χ2v) is 6.87. The van der Waals surface area contributed by atoms with E-state index < -0.39 is 33.4 Å². The Labute approximate surface area is 145 Å². The summed E-state index contributed by atoms with van der Waals surface area (Å²) in [5.74, 6) is -1.31. The summed E-state index contributed by atoms with van der Waals surface area (Å²) >= 11 is 16.2. The van der Waals surface area contributed by atoms with Gasteiger partial charge in [0.2, 0.25) is 3.79 Å². The van der Waals surface area contributed by atoms with Crippen LogP contribution >= 0.6 is 34.8 Å². The zero-order valence-corrected chi connectivity index (χ0v) is 13.6. The van der Waals surface area contributed by atoms with Gasteiger partial charge in [0.25, 0.3) is 5.69 Å². The molecule has 0 heterocycles. The molecule has 8 nitrogen and oxygen atoms in total. The number of non-ortho nitro benzene ring substituents is 1. The number of nitro groups is 1. The highest BCUT2D eigenvalue weighted by Crippen LogP contribution is 2.25. The number of nitrogens with zero attached hydrogens (tertiary/aromatic N) is 1. The lowest BCUT2D eigenvalue weighted by Crippen LogP contribution is -2.43. The second-order valence-electron chi connectivity index (χ2n) is 4.35. The van der Waals surface area contributed by atoms with Crippen LogP contribution in [0.3, 0.4) is 0 Å². The van der Waals surface area contributed by atoms with E-state index in [9.17, 15) is 19.7 Å². The van der Waals surface area contributed by atoms with Crippen LogP contribution in [0.15, 0.2) is 24.3 Å². The molecule has 0 unspecified atom stereocenters. The maximum atomic E-state index is 11.5. The molecular formula is C12H11Cl3N2O6. The van der Waals surface area contributed by atoms with Crippen molar-refractivity contribution in [2.45, 2.75) is 16.3 Å². The van der Waals surface area contributed by atoms with Crippen molar-refractivity contribution in [2.75, 3.05) is 6.61 Å². The van der Waals surface area contributed by atoms with Gasteiger partial charge in [-0.25, -0.2) is 9.59 Å². The van der Waals surface area contributed by atoms with E-state index in [4.69, 9.17) is 39.9 Å². The number of benzene rings is 1. The quantitative estimate of drug-likeness (QED) is 0.441. The van der Waals surface area contributed by atoms with Crippen LogP contribution in [0, 0.1) is 10.1 Å². The SMILES string of the molecule is O=C(N[C@@H](Cc1ccc([N+](=O)[O-])cc1)C(=O)O)OCC(Cl)(Cl)Cl. The highest BCUT2D eigenvalue weighted by molar-refractivity contribution is 6.67. The number of ether oxygens (including phenoxy) is 1. The van der Waals surface area contributed by atoms with Gasteiger partial charge < -0.3 is 15.2 Å². The highest BCUT2D eigenvalue weighted by Gasteiger charge is 2.25. The lowest BCUT2D eigenvalue weighted by atomic mass is 10.1. The summed E-state index contributed by atoms with van der Waals surface area (Å²) in [5, 5.41) is 21.7. The van der Waals surface area contributed by atoms with Gasteiger partial charge in [0.1, 0.15) is 12.6 Å². The van der Waals surface area contributed by atoms with Crippen LogP contribution in [0.2, 0.25) is 0 Å². The lowest BCUT2D eigenvalue weighted by Gasteiger charge is -2.16. The number of hydrogen-bond acceptors (Lipinski definition) is 5. The van der Waals surface area contributed by atoms with E-state index in [-0.39, 0.29) is 12.1 Å². The zero-order valence-electron chi connectivity index (χ0n) is 11.4. The molecule has 0 aliphatic heterocycles. The first-order chi connectivity index (χ1) is 10.6. The van der Waals surface area contributed by atoms with Crippen LogP contribution in [-0.4, -0.2) is 38.5 Å². The van der Waals surface area contributed by atoms with Gasteiger partial charge in [-0.1, -0.05) is 46.9 Å². The van der Waals surface area contributed by atoms with E-state index in [1.165, 1.54) is 24.3 Å². The lowest BCUT2D eigenvalue weighted by molar-refractivity contribution is -0.384. The number of carboxylic acid groups (broad SMARTS) is 1. The number of hydrogen-bond donors (Lipinski definition) is 2. The summed E-state index contributed by atoms with van der Waals surface area (Å²) in [6.07, 6.45) is -1.17. The predicted octanol–water partition coefficient (Wildman–Crippen LogP) is 2.69. The molecule has 1 aromatic carbocycles. The number of carboxylic acids is 1. The number of carbonyl (C=O) groups is 2. The molecule has 2 N–H and O–H groups in total. The fraction of sp³-hybridized carbons (Fsp3) is 0.333. The molecule has 23 heavy (non-hydrogen) atoms. The Morgan fingerprint density at radius 3 is 2.30 bits per heavy atom. The number of nitrogens with one attached hydrogen (secondary N) is 1. The molecule has 0 aliphatic carbocycles. The minimum atomic E-state index is -1.81. The summed E-state index contributed by atoms with van der Waals surface area (Å²) in [6, 6.07) is 3.94. The van der Waals surface area contributed by atoms with E-state index in [0.29, 0.717) is 5.56 Å². The Balaban J connectivity index is 2.66. The molecule has 0 bridgehead atoms. The fourth-order valence-corrected chi connectivity index (χ4v) is 1.68. The van der Waals surface area contributed by atoms with Gasteiger partial charge in [-0.05, 0) is 5.56 Å². The molecule has 1 aromatic rings. The topological polar surface area (TPSA) is 119 Å². The van der Waals surface area contributed by atoms with Crippen LogP contribution < -0.4 is 5.32 Å². The van der Waals surface area contributed by atoms with Gasteiger partial charge >= 0.3 is 12.1 Å². The van der Waals surface area contributed by atoms with E-state index in [2.05, 4.69) is 10.1 Å². The average Bonchev–Trinajstić information content (AvgIpc) is 2.44. The Kier molecular flexibility index (Phi) is 6.86. The number of alkyl carbamates (subject to hydrolysis) is 1. The maximum absolute atomic E-state index is 11.5. The van der Waals surface area contributed by atoms with Crippen molar-refractivity contribution in [1.82, 2.24) is 5.32 Å². The van der Waals surface area contributed by atoms with Gasteiger partial charge in [0, 0.05) is 18.6 Å². The largest absolute Gasteiger partial charge is 0.480 e. The monoisotopic (exact) mass is 384 g/mol. The van der Waals surface area contributed by atoms with Crippen molar-refractivity contribution < 1.29 is 24.4 Å². The first-order valence-electron chi connectivity index (χ1n) is 6.04. The normalized spacial score (nSPS) is 12.3. The van der Waals surface area contributed by atoms with E-state index in [1.54, 1.807) is 0 Å². The minimum absolute atomic E-state index is 0.101. The molecule has 1 rings (SSSR count). The molecular weight excluding hydrogens is 374 g/mol. The smallest absolute Gasteiger partial charge is 0.408 e. The third-order valence-corrected chi connectivity index (χ3v) is 2.87. The van der Waals surface area contributed by atoms with Gasteiger partial charge in [0.15, 0.2) is 0 Å². The van der Waals surface area contributed by atoms with Crippen LogP contribution in [-0.2, 0) is 16.0 Å². The van der Waals surface area contributed by atoms with Crippen molar-refractivity contribution >= 4 is 52.6 Å². The third kappa shape index (κ3) is 7.36. The van der Waals surface area contributed by atoms with Gasteiger partial charge in [-0.2, -0.15) is 0 Å². The van der Waals surface area contributed by atoms with Crippen LogP contribution in [0.25, 0.3) is 0 Å². The van der Waals surface area contributed by atoms with Crippen LogP contribution in [0.4, 0.5) is 10.5 Å². The third-order valence-electron chi connectivity index (χ3n) is 2.54. The number of amides is 1. The Morgan fingerprint density at radius 2 is 1.87 bits per heavy atom. The molecule has 0 saturated carbocycles.